The Morgan fingerprint density at radius 3 is 2.58 bits per heavy atom. The normalized spacial score (nSPS) is 26.4. The highest BCUT2D eigenvalue weighted by atomic mass is 35.5. The van der Waals surface area contributed by atoms with Crippen LogP contribution in [0.5, 0.6) is 0 Å². The molecule has 3 atom stereocenters. The molecule has 2 N–H and O–H groups in total. The summed E-state index contributed by atoms with van der Waals surface area (Å²) in [5.41, 5.74) is 6.54. The van der Waals surface area contributed by atoms with Gasteiger partial charge < -0.3 is 5.73 Å². The van der Waals surface area contributed by atoms with E-state index in [1.165, 1.54) is 6.07 Å². The van der Waals surface area contributed by atoms with E-state index in [1.54, 1.807) is 12.1 Å². The van der Waals surface area contributed by atoms with Gasteiger partial charge in [-0.1, -0.05) is 31.5 Å². The van der Waals surface area contributed by atoms with Gasteiger partial charge in [0.05, 0.1) is 0 Å². The summed E-state index contributed by atoms with van der Waals surface area (Å²) in [6.07, 6.45) is 0. The molecule has 0 aliphatic carbocycles. The van der Waals surface area contributed by atoms with Crippen LogP contribution >= 0.6 is 23.4 Å². The Morgan fingerprint density at radius 1 is 1.42 bits per heavy atom. The highest BCUT2D eigenvalue weighted by Crippen LogP contribution is 2.32. The smallest absolute Gasteiger partial charge is 0.129 e. The molecule has 1 aromatic rings. The molecule has 1 aliphatic rings. The SMILES string of the molecule is CC1CN(C(CN)c2ccc(Cl)cc2F)CC(C)S1. The Kier molecular flexibility index (Phi) is 5.12. The van der Waals surface area contributed by atoms with E-state index in [9.17, 15) is 4.39 Å². The number of hydrogen-bond acceptors (Lipinski definition) is 3. The zero-order valence-electron chi connectivity index (χ0n) is 11.3. The molecule has 19 heavy (non-hydrogen) atoms. The Balaban J connectivity index is 2.23. The second-order valence-corrected chi connectivity index (χ2v) is 7.45. The average molecular weight is 303 g/mol. The molecule has 1 aliphatic heterocycles. The van der Waals surface area contributed by atoms with Crippen molar-refractivity contribution in [3.8, 4) is 0 Å². The van der Waals surface area contributed by atoms with Crippen LogP contribution in [0.3, 0.4) is 0 Å². The van der Waals surface area contributed by atoms with E-state index in [0.717, 1.165) is 13.1 Å². The molecule has 1 aromatic carbocycles. The Morgan fingerprint density at radius 2 is 2.05 bits per heavy atom. The third-order valence-corrected chi connectivity index (χ3v) is 4.90. The molecule has 0 aromatic heterocycles. The van der Waals surface area contributed by atoms with E-state index in [1.807, 2.05) is 11.8 Å². The van der Waals surface area contributed by atoms with Crippen LogP contribution in [0.2, 0.25) is 5.02 Å². The lowest BCUT2D eigenvalue weighted by atomic mass is 10.0. The van der Waals surface area contributed by atoms with Gasteiger partial charge >= 0.3 is 0 Å². The van der Waals surface area contributed by atoms with Crippen molar-refractivity contribution in [1.29, 1.82) is 0 Å². The number of rotatable bonds is 3. The van der Waals surface area contributed by atoms with Gasteiger partial charge in [0.25, 0.3) is 0 Å². The van der Waals surface area contributed by atoms with E-state index in [-0.39, 0.29) is 11.9 Å². The molecule has 0 amide bonds. The van der Waals surface area contributed by atoms with Gasteiger partial charge in [0.1, 0.15) is 5.82 Å². The topological polar surface area (TPSA) is 29.3 Å². The van der Waals surface area contributed by atoms with Crippen molar-refractivity contribution < 1.29 is 4.39 Å². The predicted molar refractivity (Wildman–Crippen MR) is 81.3 cm³/mol. The highest BCUT2D eigenvalue weighted by molar-refractivity contribution is 8.00. The minimum absolute atomic E-state index is 0.0666. The Bertz CT molecular complexity index is 433. The summed E-state index contributed by atoms with van der Waals surface area (Å²) in [6.45, 7) is 6.72. The maximum absolute atomic E-state index is 14.1. The molecule has 5 heteroatoms. The molecule has 3 unspecified atom stereocenters. The molecular formula is C14H20ClFN2S. The van der Waals surface area contributed by atoms with Crippen LogP contribution in [-0.2, 0) is 0 Å². The summed E-state index contributed by atoms with van der Waals surface area (Å²) >= 11 is 7.79. The molecule has 2 rings (SSSR count). The van der Waals surface area contributed by atoms with Crippen LogP contribution < -0.4 is 5.73 Å². The highest BCUT2D eigenvalue weighted by Gasteiger charge is 2.29. The van der Waals surface area contributed by atoms with Gasteiger partial charge in [-0.3, -0.25) is 4.90 Å². The lowest BCUT2D eigenvalue weighted by Crippen LogP contribution is -2.45. The summed E-state index contributed by atoms with van der Waals surface area (Å²) in [7, 11) is 0. The van der Waals surface area contributed by atoms with Crippen molar-refractivity contribution in [2.75, 3.05) is 19.6 Å². The molecule has 0 saturated carbocycles. The lowest BCUT2D eigenvalue weighted by Gasteiger charge is -2.39. The number of hydrogen-bond donors (Lipinski definition) is 1. The van der Waals surface area contributed by atoms with Crippen LogP contribution in [0.4, 0.5) is 4.39 Å². The largest absolute Gasteiger partial charge is 0.329 e. The summed E-state index contributed by atoms with van der Waals surface area (Å²) < 4.78 is 14.1. The number of benzene rings is 1. The van der Waals surface area contributed by atoms with E-state index >= 15 is 0 Å². The number of nitrogens with two attached hydrogens (primary N) is 1. The molecule has 0 spiro atoms. The van der Waals surface area contributed by atoms with Crippen molar-refractivity contribution in [2.24, 2.45) is 5.73 Å². The quantitative estimate of drug-likeness (QED) is 0.929. The third kappa shape index (κ3) is 3.63. The summed E-state index contributed by atoms with van der Waals surface area (Å²) in [4.78, 5) is 2.29. The van der Waals surface area contributed by atoms with Crippen molar-refractivity contribution in [1.82, 2.24) is 4.90 Å². The van der Waals surface area contributed by atoms with Crippen LogP contribution in [0.15, 0.2) is 18.2 Å². The van der Waals surface area contributed by atoms with E-state index in [2.05, 4.69) is 18.7 Å². The second-order valence-electron chi connectivity index (χ2n) is 5.13. The van der Waals surface area contributed by atoms with Crippen LogP contribution in [0.1, 0.15) is 25.5 Å². The first-order valence-electron chi connectivity index (χ1n) is 6.55. The predicted octanol–water partition coefficient (Wildman–Crippen LogP) is 3.30. The van der Waals surface area contributed by atoms with Crippen molar-refractivity contribution in [3.05, 3.63) is 34.6 Å². The zero-order chi connectivity index (χ0) is 14.0. The fourth-order valence-corrected chi connectivity index (χ4v) is 4.22. The minimum atomic E-state index is -0.263. The molecular weight excluding hydrogens is 283 g/mol. The third-order valence-electron chi connectivity index (χ3n) is 3.43. The van der Waals surface area contributed by atoms with Crippen molar-refractivity contribution in [2.45, 2.75) is 30.4 Å². The van der Waals surface area contributed by atoms with E-state index < -0.39 is 0 Å². The summed E-state index contributed by atoms with van der Waals surface area (Å²) in [5, 5.41) is 1.52. The first-order chi connectivity index (χ1) is 9.01. The molecule has 2 nitrogen and oxygen atoms in total. The summed E-state index contributed by atoms with van der Waals surface area (Å²) in [5.74, 6) is -0.263. The van der Waals surface area contributed by atoms with Crippen LogP contribution in [0.25, 0.3) is 0 Å². The fraction of sp³-hybridized carbons (Fsp3) is 0.571. The molecule has 1 fully saturated rings. The van der Waals surface area contributed by atoms with Gasteiger partial charge in [-0.25, -0.2) is 4.39 Å². The number of nitrogens with zero attached hydrogens (tertiary/aromatic N) is 1. The van der Waals surface area contributed by atoms with Gasteiger partial charge in [0.2, 0.25) is 0 Å². The number of thioether (sulfide) groups is 1. The first-order valence-corrected chi connectivity index (χ1v) is 7.88. The second kappa shape index (κ2) is 6.44. The molecule has 0 bridgehead atoms. The van der Waals surface area contributed by atoms with Gasteiger partial charge in [-0.2, -0.15) is 11.8 Å². The molecule has 106 valence electrons. The van der Waals surface area contributed by atoms with E-state index in [0.29, 0.717) is 27.6 Å². The Hall–Kier alpha value is -0.290. The van der Waals surface area contributed by atoms with Crippen molar-refractivity contribution in [3.63, 3.8) is 0 Å². The monoisotopic (exact) mass is 302 g/mol. The Labute approximate surface area is 123 Å². The zero-order valence-corrected chi connectivity index (χ0v) is 12.8. The van der Waals surface area contributed by atoms with Gasteiger partial charge in [-0.05, 0) is 12.1 Å². The van der Waals surface area contributed by atoms with Crippen molar-refractivity contribution >= 4 is 23.4 Å². The minimum Gasteiger partial charge on any atom is -0.329 e. The van der Waals surface area contributed by atoms with Crippen LogP contribution in [-0.4, -0.2) is 35.0 Å². The standard InChI is InChI=1S/C14H20ClFN2S/c1-9-7-18(8-10(2)19-9)14(6-17)12-4-3-11(15)5-13(12)16/h3-5,9-10,14H,6-8,17H2,1-2H3. The van der Waals surface area contributed by atoms with Gasteiger partial charge in [-0.15, -0.1) is 0 Å². The fourth-order valence-electron chi connectivity index (χ4n) is 2.72. The van der Waals surface area contributed by atoms with Crippen LogP contribution in [0, 0.1) is 5.82 Å². The molecule has 0 radical (unpaired) electrons. The van der Waals surface area contributed by atoms with E-state index in [4.69, 9.17) is 17.3 Å². The maximum atomic E-state index is 14.1. The first kappa shape index (κ1) is 15.1. The maximum Gasteiger partial charge on any atom is 0.129 e. The number of halogens is 2. The average Bonchev–Trinajstić information content (AvgIpc) is 2.31. The molecule has 1 heterocycles. The van der Waals surface area contributed by atoms with Gasteiger partial charge in [0.15, 0.2) is 0 Å². The molecule has 1 saturated heterocycles. The summed E-state index contributed by atoms with van der Waals surface area (Å²) in [6, 6.07) is 4.79. The lowest BCUT2D eigenvalue weighted by molar-refractivity contribution is 0.195. The van der Waals surface area contributed by atoms with Gasteiger partial charge in [0, 0.05) is 46.8 Å².